The molecular formula is C28H36N4O5S2. The van der Waals surface area contributed by atoms with Crippen LogP contribution in [0.4, 0.5) is 5.13 Å². The summed E-state index contributed by atoms with van der Waals surface area (Å²) in [7, 11) is -3.62. The molecule has 2 aliphatic heterocycles. The van der Waals surface area contributed by atoms with Gasteiger partial charge in [-0.15, -0.1) is 0 Å². The molecule has 2 aliphatic rings. The highest BCUT2D eigenvalue weighted by Crippen LogP contribution is 2.40. The van der Waals surface area contributed by atoms with Crippen LogP contribution in [0, 0.1) is 0 Å². The zero-order valence-electron chi connectivity index (χ0n) is 22.8. The second-order valence-corrected chi connectivity index (χ2v) is 12.8. The quantitative estimate of drug-likeness (QED) is 0.339. The van der Waals surface area contributed by atoms with E-state index in [-0.39, 0.29) is 23.6 Å². The molecule has 3 aromatic rings. The van der Waals surface area contributed by atoms with Crippen molar-refractivity contribution in [2.24, 2.45) is 0 Å². The molecule has 9 nitrogen and oxygen atoms in total. The number of anilines is 1. The second-order valence-electron chi connectivity index (χ2n) is 9.85. The highest BCUT2D eigenvalue weighted by molar-refractivity contribution is 7.89. The molecular weight excluding hydrogens is 536 g/mol. The van der Waals surface area contributed by atoms with Gasteiger partial charge in [-0.1, -0.05) is 38.5 Å². The maximum atomic E-state index is 13.8. The SMILES string of the molecule is CCC1CCCCN1S(=O)(=O)c1ccc(C(=O)N(CCN(CC)CC)c2nc3cc4c(cc3s2)OCO4)cc1. The van der Waals surface area contributed by atoms with E-state index >= 15 is 0 Å². The number of carbonyl (C=O) groups is 1. The topological polar surface area (TPSA) is 92.3 Å². The Morgan fingerprint density at radius 1 is 1.05 bits per heavy atom. The fraction of sp³-hybridized carbons (Fsp3) is 0.500. The second kappa shape index (κ2) is 11.8. The largest absolute Gasteiger partial charge is 0.454 e. The number of aromatic nitrogens is 1. The first-order valence-corrected chi connectivity index (χ1v) is 16.0. The van der Waals surface area contributed by atoms with Gasteiger partial charge in [0.15, 0.2) is 16.6 Å². The van der Waals surface area contributed by atoms with E-state index in [1.54, 1.807) is 33.5 Å². The van der Waals surface area contributed by atoms with Gasteiger partial charge in [0, 0.05) is 43.4 Å². The van der Waals surface area contributed by atoms with Gasteiger partial charge >= 0.3 is 0 Å². The fourth-order valence-electron chi connectivity index (χ4n) is 5.25. The smallest absolute Gasteiger partial charge is 0.260 e. The Balaban J connectivity index is 1.43. The summed E-state index contributed by atoms with van der Waals surface area (Å²) in [6, 6.07) is 10.1. The van der Waals surface area contributed by atoms with Crippen LogP contribution < -0.4 is 14.4 Å². The minimum absolute atomic E-state index is 0.0248. The molecule has 1 fully saturated rings. The molecule has 11 heteroatoms. The number of nitrogens with zero attached hydrogens (tertiary/aromatic N) is 4. The molecule has 210 valence electrons. The molecule has 0 N–H and O–H groups in total. The number of sulfonamides is 1. The summed E-state index contributed by atoms with van der Waals surface area (Å²) in [6.07, 6.45) is 3.60. The lowest BCUT2D eigenvalue weighted by atomic mass is 10.0. The highest BCUT2D eigenvalue weighted by atomic mass is 32.2. The number of benzene rings is 2. The van der Waals surface area contributed by atoms with Crippen molar-refractivity contribution in [3.8, 4) is 11.5 Å². The third-order valence-corrected chi connectivity index (χ3v) is 10.6. The number of hydrogen-bond acceptors (Lipinski definition) is 8. The minimum Gasteiger partial charge on any atom is -0.454 e. The van der Waals surface area contributed by atoms with Crippen molar-refractivity contribution in [3.63, 3.8) is 0 Å². The summed E-state index contributed by atoms with van der Waals surface area (Å²) in [5.74, 6) is 1.11. The first-order valence-electron chi connectivity index (χ1n) is 13.7. The lowest BCUT2D eigenvalue weighted by Gasteiger charge is -2.34. The normalized spacial score (nSPS) is 17.7. The summed E-state index contributed by atoms with van der Waals surface area (Å²) in [5.41, 5.74) is 1.17. The molecule has 5 rings (SSSR count). The monoisotopic (exact) mass is 572 g/mol. The van der Waals surface area contributed by atoms with E-state index < -0.39 is 10.0 Å². The zero-order valence-corrected chi connectivity index (χ0v) is 24.4. The predicted octanol–water partition coefficient (Wildman–Crippen LogP) is 4.97. The van der Waals surface area contributed by atoms with Crippen LogP contribution in [-0.2, 0) is 10.0 Å². The third kappa shape index (κ3) is 5.63. The molecule has 3 heterocycles. The third-order valence-electron chi connectivity index (χ3n) is 7.63. The van der Waals surface area contributed by atoms with E-state index in [1.165, 1.54) is 11.3 Å². The number of thiazole rings is 1. The molecule has 2 aromatic carbocycles. The van der Waals surface area contributed by atoms with Crippen molar-refractivity contribution in [2.45, 2.75) is 57.4 Å². The van der Waals surface area contributed by atoms with Crippen LogP contribution in [-0.4, -0.2) is 74.1 Å². The molecule has 0 saturated carbocycles. The summed E-state index contributed by atoms with van der Waals surface area (Å²) < 4.78 is 40.4. The van der Waals surface area contributed by atoms with Crippen molar-refractivity contribution in [1.29, 1.82) is 0 Å². The molecule has 39 heavy (non-hydrogen) atoms. The maximum absolute atomic E-state index is 13.8. The summed E-state index contributed by atoms with van der Waals surface area (Å²) in [4.78, 5) is 22.8. The van der Waals surface area contributed by atoms with Crippen LogP contribution in [0.25, 0.3) is 10.2 Å². The van der Waals surface area contributed by atoms with Crippen LogP contribution >= 0.6 is 11.3 Å². The first kappa shape index (κ1) is 27.8. The standard InChI is InChI=1S/C28H36N4O5S2/c1-4-21-9-7-8-14-32(21)39(34,35)22-12-10-20(11-13-22)27(33)31(16-15-30(5-2)6-3)28-29-23-17-24-25(37-19-36-24)18-26(23)38-28/h10-13,17-18,21H,4-9,14-16,19H2,1-3H3. The number of ether oxygens (including phenoxy) is 2. The number of carbonyl (C=O) groups excluding carboxylic acids is 1. The highest BCUT2D eigenvalue weighted by Gasteiger charge is 2.33. The Bertz CT molecular complexity index is 1380. The van der Waals surface area contributed by atoms with Gasteiger partial charge in [-0.05, 0) is 56.6 Å². The molecule has 0 radical (unpaired) electrons. The molecule has 0 spiro atoms. The number of fused-ring (bicyclic) bond motifs is 2. The van der Waals surface area contributed by atoms with Crippen molar-refractivity contribution < 1.29 is 22.7 Å². The molecule has 1 unspecified atom stereocenters. The van der Waals surface area contributed by atoms with E-state index in [0.29, 0.717) is 41.8 Å². The van der Waals surface area contributed by atoms with Gasteiger partial charge in [0.05, 0.1) is 15.1 Å². The van der Waals surface area contributed by atoms with Gasteiger partial charge in [-0.2, -0.15) is 4.31 Å². The average molecular weight is 573 g/mol. The summed E-state index contributed by atoms with van der Waals surface area (Å²) in [6.45, 7) is 9.86. The van der Waals surface area contributed by atoms with Crippen LogP contribution in [0.2, 0.25) is 0 Å². The van der Waals surface area contributed by atoms with Gasteiger partial charge < -0.3 is 14.4 Å². The first-order chi connectivity index (χ1) is 18.8. The van der Waals surface area contributed by atoms with Crippen molar-refractivity contribution in [1.82, 2.24) is 14.2 Å². The van der Waals surface area contributed by atoms with Crippen molar-refractivity contribution in [3.05, 3.63) is 42.0 Å². The summed E-state index contributed by atoms with van der Waals surface area (Å²) >= 11 is 1.43. The van der Waals surface area contributed by atoms with Crippen molar-refractivity contribution in [2.75, 3.05) is 44.4 Å². The number of piperidine rings is 1. The summed E-state index contributed by atoms with van der Waals surface area (Å²) in [5, 5.41) is 0.585. The van der Waals surface area contributed by atoms with E-state index in [9.17, 15) is 13.2 Å². The Kier molecular flexibility index (Phi) is 8.41. The van der Waals surface area contributed by atoms with Crippen LogP contribution in [0.3, 0.4) is 0 Å². The predicted molar refractivity (Wildman–Crippen MR) is 153 cm³/mol. The van der Waals surface area contributed by atoms with E-state index in [2.05, 4.69) is 18.7 Å². The van der Waals surface area contributed by atoms with Gasteiger partial charge in [0.25, 0.3) is 5.91 Å². The van der Waals surface area contributed by atoms with Crippen molar-refractivity contribution >= 4 is 42.6 Å². The van der Waals surface area contributed by atoms with Gasteiger partial charge in [-0.3, -0.25) is 9.69 Å². The maximum Gasteiger partial charge on any atom is 0.260 e. The average Bonchev–Trinajstić information content (AvgIpc) is 3.59. The fourth-order valence-corrected chi connectivity index (χ4v) is 8.01. The zero-order chi connectivity index (χ0) is 27.6. The lowest BCUT2D eigenvalue weighted by molar-refractivity contribution is 0.0983. The van der Waals surface area contributed by atoms with E-state index in [1.807, 2.05) is 19.1 Å². The molecule has 0 aliphatic carbocycles. The van der Waals surface area contributed by atoms with Crippen LogP contribution in [0.15, 0.2) is 41.3 Å². The molecule has 0 bridgehead atoms. The Hall–Kier alpha value is -2.73. The van der Waals surface area contributed by atoms with Crippen LogP contribution in [0.5, 0.6) is 11.5 Å². The Morgan fingerprint density at radius 2 is 1.77 bits per heavy atom. The molecule has 1 amide bonds. The molecule has 1 atom stereocenters. The van der Waals surface area contributed by atoms with E-state index in [0.717, 1.165) is 49.0 Å². The Morgan fingerprint density at radius 3 is 2.46 bits per heavy atom. The number of rotatable bonds is 10. The van der Waals surface area contributed by atoms with E-state index in [4.69, 9.17) is 14.5 Å². The molecule has 1 aromatic heterocycles. The van der Waals surface area contributed by atoms with Crippen LogP contribution in [0.1, 0.15) is 56.8 Å². The number of hydrogen-bond donors (Lipinski definition) is 0. The number of likely N-dealkylation sites (N-methyl/N-ethyl adjacent to an activating group) is 1. The van der Waals surface area contributed by atoms with Gasteiger partial charge in [-0.25, -0.2) is 13.4 Å². The Labute approximate surface area is 234 Å². The van der Waals surface area contributed by atoms with Gasteiger partial charge in [0.1, 0.15) is 0 Å². The molecule has 1 saturated heterocycles. The number of amides is 1. The lowest BCUT2D eigenvalue weighted by Crippen LogP contribution is -2.43. The minimum atomic E-state index is -3.62. The van der Waals surface area contributed by atoms with Gasteiger partial charge in [0.2, 0.25) is 16.8 Å².